The van der Waals surface area contributed by atoms with Crippen molar-refractivity contribution in [1.82, 2.24) is 4.90 Å². The van der Waals surface area contributed by atoms with E-state index in [-0.39, 0.29) is 31.5 Å². The number of piperidine rings is 1. The number of halogens is 5. The van der Waals surface area contributed by atoms with Crippen LogP contribution >= 0.6 is 15.9 Å². The Balaban J connectivity index is 2.02. The van der Waals surface area contributed by atoms with Crippen LogP contribution in [-0.2, 0) is 4.79 Å². The predicted molar refractivity (Wildman–Crippen MR) is 73.8 cm³/mol. The molecular weight excluding hydrogens is 370 g/mol. The molecule has 3 nitrogen and oxygen atoms in total. The first-order valence-corrected chi connectivity index (χ1v) is 7.35. The minimum atomic E-state index is -4.91. The van der Waals surface area contributed by atoms with Crippen LogP contribution < -0.4 is 0 Å². The highest BCUT2D eigenvalue weighted by atomic mass is 79.9. The number of ketones is 1. The van der Waals surface area contributed by atoms with Gasteiger partial charge in [-0.05, 0) is 31.0 Å². The molecule has 1 saturated heterocycles. The Labute approximate surface area is 132 Å². The van der Waals surface area contributed by atoms with Crippen molar-refractivity contribution < 1.29 is 27.2 Å². The Morgan fingerprint density at radius 2 is 1.77 bits per heavy atom. The lowest BCUT2D eigenvalue weighted by atomic mass is 9.88. The monoisotopic (exact) mass is 381 g/mol. The van der Waals surface area contributed by atoms with Crippen molar-refractivity contribution in [2.75, 3.05) is 13.1 Å². The summed E-state index contributed by atoms with van der Waals surface area (Å²) >= 11 is 3.08. The average molecular weight is 382 g/mol. The molecule has 22 heavy (non-hydrogen) atoms. The number of rotatable bonds is 2. The van der Waals surface area contributed by atoms with E-state index in [2.05, 4.69) is 15.9 Å². The minimum absolute atomic E-state index is 0.0798. The number of likely N-dealkylation sites (tertiary alicyclic amines) is 1. The zero-order valence-electron chi connectivity index (χ0n) is 11.3. The minimum Gasteiger partial charge on any atom is -0.335 e. The normalized spacial score (nSPS) is 16.7. The largest absolute Gasteiger partial charge is 0.471 e. The maximum absolute atomic E-state index is 13.8. The summed E-state index contributed by atoms with van der Waals surface area (Å²) in [5.74, 6) is -3.58. The van der Waals surface area contributed by atoms with Gasteiger partial charge in [0.1, 0.15) is 5.82 Å². The van der Waals surface area contributed by atoms with E-state index in [1.807, 2.05) is 0 Å². The van der Waals surface area contributed by atoms with E-state index in [1.165, 1.54) is 12.1 Å². The van der Waals surface area contributed by atoms with Gasteiger partial charge < -0.3 is 4.90 Å². The second-order valence-corrected chi connectivity index (χ2v) is 5.97. The number of benzene rings is 1. The average Bonchev–Trinajstić information content (AvgIpc) is 2.45. The van der Waals surface area contributed by atoms with Crippen LogP contribution in [0.4, 0.5) is 17.6 Å². The zero-order valence-corrected chi connectivity index (χ0v) is 12.9. The topological polar surface area (TPSA) is 37.4 Å². The molecule has 0 aromatic heterocycles. The summed E-state index contributed by atoms with van der Waals surface area (Å²) in [6, 6.07) is 4.03. The van der Waals surface area contributed by atoms with E-state index >= 15 is 0 Å². The van der Waals surface area contributed by atoms with Crippen molar-refractivity contribution in [3.8, 4) is 0 Å². The fourth-order valence-corrected chi connectivity index (χ4v) is 2.77. The van der Waals surface area contributed by atoms with Gasteiger partial charge in [0.15, 0.2) is 5.78 Å². The lowest BCUT2D eigenvalue weighted by Gasteiger charge is -2.31. The Morgan fingerprint density at radius 3 is 2.27 bits per heavy atom. The molecule has 8 heteroatoms. The van der Waals surface area contributed by atoms with Gasteiger partial charge in [0.2, 0.25) is 0 Å². The second-order valence-electron chi connectivity index (χ2n) is 5.05. The molecule has 0 radical (unpaired) electrons. The summed E-state index contributed by atoms with van der Waals surface area (Å²) in [7, 11) is 0. The molecule has 0 atom stereocenters. The lowest BCUT2D eigenvalue weighted by molar-refractivity contribution is -0.186. The highest BCUT2D eigenvalue weighted by molar-refractivity contribution is 9.10. The molecule has 0 aliphatic carbocycles. The number of amides is 1. The first kappa shape index (κ1) is 16.9. The molecular formula is C14H12BrF4NO2. The maximum atomic E-state index is 13.8. The number of hydrogen-bond donors (Lipinski definition) is 0. The van der Waals surface area contributed by atoms with E-state index < -0.39 is 29.6 Å². The fraction of sp³-hybridized carbons (Fsp3) is 0.429. The molecule has 0 N–H and O–H groups in total. The lowest BCUT2D eigenvalue weighted by Crippen LogP contribution is -2.46. The molecule has 0 saturated carbocycles. The number of nitrogens with zero attached hydrogens (tertiary/aromatic N) is 1. The van der Waals surface area contributed by atoms with Crippen LogP contribution in [0.1, 0.15) is 23.2 Å². The van der Waals surface area contributed by atoms with Gasteiger partial charge >= 0.3 is 12.1 Å². The van der Waals surface area contributed by atoms with Gasteiger partial charge in [-0.3, -0.25) is 9.59 Å². The molecule has 1 amide bonds. The van der Waals surface area contributed by atoms with Crippen LogP contribution in [0.5, 0.6) is 0 Å². The van der Waals surface area contributed by atoms with Crippen molar-refractivity contribution in [3.05, 3.63) is 34.1 Å². The molecule has 0 spiro atoms. The summed E-state index contributed by atoms with van der Waals surface area (Å²) in [5.41, 5.74) is -0.0798. The molecule has 0 unspecified atom stereocenters. The molecule has 1 aliphatic rings. The van der Waals surface area contributed by atoms with Gasteiger partial charge in [-0.15, -0.1) is 0 Å². The van der Waals surface area contributed by atoms with Crippen LogP contribution in [0, 0.1) is 11.7 Å². The number of hydrogen-bond acceptors (Lipinski definition) is 2. The quantitative estimate of drug-likeness (QED) is 0.580. The van der Waals surface area contributed by atoms with E-state index in [1.54, 1.807) is 0 Å². The number of alkyl halides is 3. The highest BCUT2D eigenvalue weighted by Gasteiger charge is 2.43. The summed E-state index contributed by atoms with van der Waals surface area (Å²) in [6.07, 6.45) is -4.72. The van der Waals surface area contributed by atoms with Crippen molar-refractivity contribution >= 4 is 27.6 Å². The van der Waals surface area contributed by atoms with Gasteiger partial charge in [-0.2, -0.15) is 13.2 Å². The predicted octanol–water partition coefficient (Wildman–Crippen LogP) is 3.57. The van der Waals surface area contributed by atoms with E-state index in [0.717, 1.165) is 6.07 Å². The van der Waals surface area contributed by atoms with Crippen LogP contribution in [0.25, 0.3) is 0 Å². The summed E-state index contributed by atoms with van der Waals surface area (Å²) < 4.78 is 51.2. The van der Waals surface area contributed by atoms with Crippen molar-refractivity contribution in [3.63, 3.8) is 0 Å². The van der Waals surface area contributed by atoms with Crippen molar-refractivity contribution in [1.29, 1.82) is 0 Å². The molecule has 1 aliphatic heterocycles. The van der Waals surface area contributed by atoms with Crippen LogP contribution in [0.15, 0.2) is 22.7 Å². The standard InChI is InChI=1S/C14H12BrF4NO2/c15-9-1-2-10(11(16)7-9)12(21)8-3-5-20(6-4-8)13(22)14(17,18)19/h1-2,7-8H,3-6H2. The van der Waals surface area contributed by atoms with Gasteiger partial charge in [0, 0.05) is 23.5 Å². The Hall–Kier alpha value is -1.44. The number of carbonyl (C=O) groups is 2. The smallest absolute Gasteiger partial charge is 0.335 e. The molecule has 120 valence electrons. The molecule has 2 rings (SSSR count). The molecule has 1 aromatic rings. The Bertz CT molecular complexity index is 595. The van der Waals surface area contributed by atoms with E-state index in [0.29, 0.717) is 9.37 Å². The first-order chi connectivity index (χ1) is 10.2. The maximum Gasteiger partial charge on any atom is 0.471 e. The number of Topliss-reactive ketones (excluding diaryl/α,β-unsaturated/α-hetero) is 1. The zero-order chi connectivity index (χ0) is 16.5. The third-order valence-electron chi connectivity index (χ3n) is 3.59. The Morgan fingerprint density at radius 1 is 1.18 bits per heavy atom. The third-order valence-corrected chi connectivity index (χ3v) is 4.09. The number of carbonyl (C=O) groups excluding carboxylic acids is 2. The molecule has 1 fully saturated rings. The van der Waals surface area contributed by atoms with Gasteiger partial charge in [-0.25, -0.2) is 4.39 Å². The first-order valence-electron chi connectivity index (χ1n) is 6.55. The van der Waals surface area contributed by atoms with E-state index in [4.69, 9.17) is 0 Å². The molecule has 1 aromatic carbocycles. The summed E-state index contributed by atoms with van der Waals surface area (Å²) in [6.45, 7) is -0.320. The second kappa shape index (κ2) is 6.36. The third kappa shape index (κ3) is 3.66. The van der Waals surface area contributed by atoms with Gasteiger partial charge in [0.05, 0.1) is 5.56 Å². The molecule has 0 bridgehead atoms. The van der Waals surface area contributed by atoms with Crippen molar-refractivity contribution in [2.45, 2.75) is 19.0 Å². The van der Waals surface area contributed by atoms with Crippen LogP contribution in [0.3, 0.4) is 0 Å². The highest BCUT2D eigenvalue weighted by Crippen LogP contribution is 2.27. The Kier molecular flexibility index (Phi) is 4.89. The van der Waals surface area contributed by atoms with Crippen LogP contribution in [-0.4, -0.2) is 35.9 Å². The van der Waals surface area contributed by atoms with E-state index in [9.17, 15) is 27.2 Å². The van der Waals surface area contributed by atoms with Crippen molar-refractivity contribution in [2.24, 2.45) is 5.92 Å². The summed E-state index contributed by atoms with van der Waals surface area (Å²) in [4.78, 5) is 24.0. The molecule has 1 heterocycles. The summed E-state index contributed by atoms with van der Waals surface area (Å²) in [5, 5.41) is 0. The van der Waals surface area contributed by atoms with Gasteiger partial charge in [0.25, 0.3) is 0 Å². The van der Waals surface area contributed by atoms with Gasteiger partial charge in [-0.1, -0.05) is 15.9 Å². The SMILES string of the molecule is O=C(c1ccc(Br)cc1F)C1CCN(C(=O)C(F)(F)F)CC1. The van der Waals surface area contributed by atoms with Crippen LogP contribution in [0.2, 0.25) is 0 Å². The fourth-order valence-electron chi connectivity index (χ4n) is 2.43.